The van der Waals surface area contributed by atoms with Crippen molar-refractivity contribution in [1.82, 2.24) is 15.1 Å². The van der Waals surface area contributed by atoms with Gasteiger partial charge in [-0.15, -0.1) is 0 Å². The first-order chi connectivity index (χ1) is 11.7. The molecule has 1 saturated heterocycles. The summed E-state index contributed by atoms with van der Waals surface area (Å²) in [7, 11) is 1.70. The van der Waals surface area contributed by atoms with Crippen molar-refractivity contribution in [3.63, 3.8) is 0 Å². The normalized spacial score (nSPS) is 15.3. The largest absolute Gasteiger partial charge is 0.336 e. The SMILES string of the molecule is Cc1cc(C)c(NC(=O)CN(C)[C@H](C)C(=O)N2CCNC2=O)c(C)c1. The lowest BCUT2D eigenvalue weighted by atomic mass is 10.1. The summed E-state index contributed by atoms with van der Waals surface area (Å²) in [5.41, 5.74) is 3.97. The second-order valence-electron chi connectivity index (χ2n) is 6.63. The van der Waals surface area contributed by atoms with E-state index in [0.717, 1.165) is 22.4 Å². The number of nitrogens with one attached hydrogen (secondary N) is 2. The Bertz CT molecular complexity index is 679. The van der Waals surface area contributed by atoms with E-state index in [1.165, 1.54) is 4.90 Å². The van der Waals surface area contributed by atoms with Crippen LogP contribution in [0.3, 0.4) is 0 Å². The van der Waals surface area contributed by atoms with E-state index in [9.17, 15) is 14.4 Å². The average molecular weight is 346 g/mol. The van der Waals surface area contributed by atoms with Crippen molar-refractivity contribution in [2.45, 2.75) is 33.7 Å². The van der Waals surface area contributed by atoms with Gasteiger partial charge in [-0.2, -0.15) is 0 Å². The third kappa shape index (κ3) is 4.36. The van der Waals surface area contributed by atoms with Crippen LogP contribution in [0.1, 0.15) is 23.6 Å². The highest BCUT2D eigenvalue weighted by atomic mass is 16.2. The van der Waals surface area contributed by atoms with Gasteiger partial charge in [-0.3, -0.25) is 19.4 Å². The molecule has 0 radical (unpaired) electrons. The Labute approximate surface area is 148 Å². The van der Waals surface area contributed by atoms with Crippen molar-refractivity contribution >= 4 is 23.5 Å². The maximum atomic E-state index is 12.4. The van der Waals surface area contributed by atoms with Gasteiger partial charge in [0, 0.05) is 18.8 Å². The molecule has 1 aromatic carbocycles. The standard InChI is InChI=1S/C18H26N4O3/c1-11-8-12(2)16(13(3)9-11)20-15(23)10-21(5)14(4)17(24)22-7-6-19-18(22)25/h8-9,14H,6-7,10H2,1-5H3,(H,19,25)(H,20,23)/t14-/m1/s1. The number of amides is 4. The van der Waals surface area contributed by atoms with Gasteiger partial charge < -0.3 is 10.6 Å². The van der Waals surface area contributed by atoms with E-state index in [1.54, 1.807) is 18.9 Å². The molecule has 136 valence electrons. The molecule has 0 spiro atoms. The van der Waals surface area contributed by atoms with Gasteiger partial charge in [0.15, 0.2) is 0 Å². The second-order valence-corrected chi connectivity index (χ2v) is 6.63. The molecule has 2 N–H and O–H groups in total. The molecule has 7 nitrogen and oxygen atoms in total. The number of anilines is 1. The zero-order valence-corrected chi connectivity index (χ0v) is 15.5. The summed E-state index contributed by atoms with van der Waals surface area (Å²) < 4.78 is 0. The molecule has 0 aliphatic carbocycles. The molecule has 0 bridgehead atoms. The van der Waals surface area contributed by atoms with Crippen LogP contribution in [0.2, 0.25) is 0 Å². The summed E-state index contributed by atoms with van der Waals surface area (Å²) in [4.78, 5) is 39.2. The van der Waals surface area contributed by atoms with Gasteiger partial charge >= 0.3 is 6.03 Å². The summed E-state index contributed by atoms with van der Waals surface area (Å²) >= 11 is 0. The van der Waals surface area contributed by atoms with Crippen molar-refractivity contribution in [3.8, 4) is 0 Å². The molecule has 0 aromatic heterocycles. The molecule has 1 aliphatic heterocycles. The smallest absolute Gasteiger partial charge is 0.324 e. The highest BCUT2D eigenvalue weighted by Gasteiger charge is 2.31. The summed E-state index contributed by atoms with van der Waals surface area (Å²) in [6, 6.07) is 3.10. The van der Waals surface area contributed by atoms with E-state index in [4.69, 9.17) is 0 Å². The Kier molecular flexibility index (Phi) is 5.79. The molecule has 1 atom stereocenters. The monoisotopic (exact) mass is 346 g/mol. The Balaban J connectivity index is 1.98. The predicted octanol–water partition coefficient (Wildman–Crippen LogP) is 1.42. The predicted molar refractivity (Wildman–Crippen MR) is 96.5 cm³/mol. The highest BCUT2D eigenvalue weighted by molar-refractivity contribution is 5.99. The number of hydrogen-bond donors (Lipinski definition) is 2. The lowest BCUT2D eigenvalue weighted by Gasteiger charge is -2.26. The molecule has 1 heterocycles. The molecule has 4 amide bonds. The average Bonchev–Trinajstić information content (AvgIpc) is 2.95. The van der Waals surface area contributed by atoms with Crippen molar-refractivity contribution in [3.05, 3.63) is 28.8 Å². The second kappa shape index (κ2) is 7.65. The van der Waals surface area contributed by atoms with E-state index in [-0.39, 0.29) is 24.4 Å². The van der Waals surface area contributed by atoms with Crippen LogP contribution < -0.4 is 10.6 Å². The van der Waals surface area contributed by atoms with E-state index < -0.39 is 6.04 Å². The van der Waals surface area contributed by atoms with Crippen LogP contribution in [0, 0.1) is 20.8 Å². The van der Waals surface area contributed by atoms with Crippen LogP contribution in [-0.2, 0) is 9.59 Å². The van der Waals surface area contributed by atoms with Crippen molar-refractivity contribution in [2.24, 2.45) is 0 Å². The van der Waals surface area contributed by atoms with Gasteiger partial charge in [0.05, 0.1) is 12.6 Å². The lowest BCUT2D eigenvalue weighted by molar-refractivity contribution is -0.132. The summed E-state index contributed by atoms with van der Waals surface area (Å²) in [6.07, 6.45) is 0. The van der Waals surface area contributed by atoms with Gasteiger partial charge in [0.2, 0.25) is 11.8 Å². The number of hydrogen-bond acceptors (Lipinski definition) is 4. The van der Waals surface area contributed by atoms with Gasteiger partial charge in [-0.25, -0.2) is 4.79 Å². The number of carbonyl (C=O) groups is 3. The Morgan fingerprint density at radius 1 is 1.28 bits per heavy atom. The van der Waals surface area contributed by atoms with Crippen LogP contribution in [0.5, 0.6) is 0 Å². The number of benzene rings is 1. The molecule has 1 aliphatic rings. The van der Waals surface area contributed by atoms with E-state index in [2.05, 4.69) is 10.6 Å². The third-order valence-corrected chi connectivity index (χ3v) is 4.48. The number of carbonyl (C=O) groups excluding carboxylic acids is 3. The van der Waals surface area contributed by atoms with Crippen LogP contribution in [0.15, 0.2) is 12.1 Å². The number of aryl methyl sites for hydroxylation is 3. The molecule has 1 fully saturated rings. The number of urea groups is 1. The molecular weight excluding hydrogens is 320 g/mol. The maximum absolute atomic E-state index is 12.4. The zero-order chi connectivity index (χ0) is 18.7. The molecule has 7 heteroatoms. The van der Waals surface area contributed by atoms with Gasteiger partial charge in [0.25, 0.3) is 0 Å². The van der Waals surface area contributed by atoms with Gasteiger partial charge in [0.1, 0.15) is 0 Å². The molecule has 1 aromatic rings. The first-order valence-electron chi connectivity index (χ1n) is 8.38. The maximum Gasteiger partial charge on any atom is 0.324 e. The molecule has 0 saturated carbocycles. The summed E-state index contributed by atoms with van der Waals surface area (Å²) in [5, 5.41) is 5.53. The fraction of sp³-hybridized carbons (Fsp3) is 0.500. The minimum absolute atomic E-state index is 0.0646. The number of likely N-dealkylation sites (N-methyl/N-ethyl adjacent to an activating group) is 1. The Hall–Kier alpha value is -2.41. The summed E-state index contributed by atoms with van der Waals surface area (Å²) in [6.45, 7) is 8.52. The van der Waals surface area contributed by atoms with E-state index >= 15 is 0 Å². The topological polar surface area (TPSA) is 81.8 Å². The Morgan fingerprint density at radius 2 is 1.88 bits per heavy atom. The van der Waals surface area contributed by atoms with E-state index in [0.29, 0.717) is 13.1 Å². The molecule has 2 rings (SSSR count). The first kappa shape index (κ1) is 18.9. The van der Waals surface area contributed by atoms with Crippen molar-refractivity contribution in [1.29, 1.82) is 0 Å². The fourth-order valence-corrected chi connectivity index (χ4v) is 3.02. The first-order valence-corrected chi connectivity index (χ1v) is 8.38. The van der Waals surface area contributed by atoms with Crippen molar-refractivity contribution < 1.29 is 14.4 Å². The van der Waals surface area contributed by atoms with Crippen LogP contribution in [0.25, 0.3) is 0 Å². The van der Waals surface area contributed by atoms with Crippen molar-refractivity contribution in [2.75, 3.05) is 32.0 Å². The van der Waals surface area contributed by atoms with E-state index in [1.807, 2.05) is 32.9 Å². The summed E-state index contributed by atoms with van der Waals surface area (Å²) in [5.74, 6) is -0.490. The van der Waals surface area contributed by atoms with Gasteiger partial charge in [-0.05, 0) is 45.9 Å². The highest BCUT2D eigenvalue weighted by Crippen LogP contribution is 2.21. The number of rotatable bonds is 5. The minimum atomic E-state index is -0.560. The Morgan fingerprint density at radius 3 is 2.40 bits per heavy atom. The molecule has 25 heavy (non-hydrogen) atoms. The molecule has 0 unspecified atom stereocenters. The zero-order valence-electron chi connectivity index (χ0n) is 15.5. The van der Waals surface area contributed by atoms with Gasteiger partial charge in [-0.1, -0.05) is 17.7 Å². The fourth-order valence-electron chi connectivity index (χ4n) is 3.02. The lowest BCUT2D eigenvalue weighted by Crippen LogP contribution is -2.48. The number of nitrogens with zero attached hydrogens (tertiary/aromatic N) is 2. The quantitative estimate of drug-likeness (QED) is 0.845. The van der Waals surface area contributed by atoms with Crippen LogP contribution in [-0.4, -0.2) is 60.4 Å². The van der Waals surface area contributed by atoms with Crippen LogP contribution >= 0.6 is 0 Å². The van der Waals surface area contributed by atoms with Crippen LogP contribution in [0.4, 0.5) is 10.5 Å². The minimum Gasteiger partial charge on any atom is -0.336 e. The number of imide groups is 1. The molecular formula is C18H26N4O3. The third-order valence-electron chi connectivity index (χ3n) is 4.48.